The molecule has 0 radical (unpaired) electrons. The number of rotatable bonds is 3. The first-order valence-electron chi connectivity index (χ1n) is 6.88. The summed E-state index contributed by atoms with van der Waals surface area (Å²) < 4.78 is 19.2. The van der Waals surface area contributed by atoms with Crippen molar-refractivity contribution in [2.24, 2.45) is 11.8 Å². The molecule has 1 aromatic carbocycles. The summed E-state index contributed by atoms with van der Waals surface area (Å²) >= 11 is 0. The maximum absolute atomic E-state index is 13.3. The zero-order chi connectivity index (χ0) is 13.8. The van der Waals surface area contributed by atoms with Crippen molar-refractivity contribution in [2.45, 2.75) is 45.8 Å². The quantitative estimate of drug-likeness (QED) is 0.822. The van der Waals surface area contributed by atoms with Crippen LogP contribution in [-0.2, 0) is 11.3 Å². The Morgan fingerprint density at radius 2 is 1.89 bits per heavy atom. The minimum atomic E-state index is -0.372. The Hall–Kier alpha value is -1.40. The molecule has 2 rings (SSSR count). The van der Waals surface area contributed by atoms with Crippen LogP contribution >= 0.6 is 0 Å². The summed E-state index contributed by atoms with van der Waals surface area (Å²) in [6.07, 6.45) is 3.67. The zero-order valence-corrected chi connectivity index (χ0v) is 11.5. The number of ether oxygens (including phenoxy) is 1. The highest BCUT2D eigenvalue weighted by Crippen LogP contribution is 2.30. The van der Waals surface area contributed by atoms with Crippen LogP contribution < -0.4 is 0 Å². The van der Waals surface area contributed by atoms with E-state index < -0.39 is 0 Å². The van der Waals surface area contributed by atoms with Gasteiger partial charge >= 0.3 is 0 Å². The van der Waals surface area contributed by atoms with Gasteiger partial charge in [-0.2, -0.15) is 5.26 Å². The average molecular weight is 261 g/mol. The van der Waals surface area contributed by atoms with E-state index in [0.29, 0.717) is 24.0 Å². The minimum absolute atomic E-state index is 0.257. The number of nitriles is 1. The molecule has 0 bridgehead atoms. The Bertz CT molecular complexity index is 470. The number of nitrogens with zero attached hydrogens (tertiary/aromatic N) is 1. The lowest BCUT2D eigenvalue weighted by molar-refractivity contribution is -0.00924. The van der Waals surface area contributed by atoms with Gasteiger partial charge in [-0.15, -0.1) is 0 Å². The molecule has 0 aliphatic heterocycles. The van der Waals surface area contributed by atoms with Gasteiger partial charge in [0.25, 0.3) is 0 Å². The Kier molecular flexibility index (Phi) is 4.55. The molecule has 0 spiro atoms. The van der Waals surface area contributed by atoms with Gasteiger partial charge in [0.05, 0.1) is 24.3 Å². The molecule has 102 valence electrons. The van der Waals surface area contributed by atoms with Crippen molar-refractivity contribution in [1.29, 1.82) is 5.26 Å². The summed E-state index contributed by atoms with van der Waals surface area (Å²) in [7, 11) is 0. The Morgan fingerprint density at radius 1 is 1.21 bits per heavy atom. The maximum atomic E-state index is 13.3. The smallest absolute Gasteiger partial charge is 0.124 e. The van der Waals surface area contributed by atoms with E-state index in [-0.39, 0.29) is 11.9 Å². The van der Waals surface area contributed by atoms with Crippen molar-refractivity contribution >= 4 is 0 Å². The summed E-state index contributed by atoms with van der Waals surface area (Å²) in [5, 5.41) is 8.82. The fourth-order valence-electron chi connectivity index (χ4n) is 3.02. The van der Waals surface area contributed by atoms with E-state index in [2.05, 4.69) is 13.8 Å². The van der Waals surface area contributed by atoms with Crippen LogP contribution in [0.2, 0.25) is 0 Å². The first-order chi connectivity index (χ1) is 9.06. The first kappa shape index (κ1) is 14.0. The maximum Gasteiger partial charge on any atom is 0.124 e. The van der Waals surface area contributed by atoms with E-state index in [4.69, 9.17) is 10.00 Å². The molecule has 0 saturated heterocycles. The minimum Gasteiger partial charge on any atom is -0.374 e. The van der Waals surface area contributed by atoms with Gasteiger partial charge in [0.2, 0.25) is 0 Å². The number of hydrogen-bond acceptors (Lipinski definition) is 2. The highest BCUT2D eigenvalue weighted by molar-refractivity contribution is 5.33. The van der Waals surface area contributed by atoms with Crippen LogP contribution in [0.5, 0.6) is 0 Å². The Labute approximate surface area is 114 Å². The van der Waals surface area contributed by atoms with Crippen LogP contribution in [0.1, 0.15) is 44.2 Å². The predicted molar refractivity (Wildman–Crippen MR) is 71.9 cm³/mol. The van der Waals surface area contributed by atoms with Crippen molar-refractivity contribution in [3.05, 3.63) is 35.1 Å². The second-order valence-electron chi connectivity index (χ2n) is 5.81. The van der Waals surface area contributed by atoms with Crippen LogP contribution in [0.15, 0.2) is 18.2 Å². The molecule has 19 heavy (non-hydrogen) atoms. The molecule has 0 heterocycles. The lowest BCUT2D eigenvalue weighted by Crippen LogP contribution is -2.26. The fraction of sp³-hybridized carbons (Fsp3) is 0.562. The third-order valence-corrected chi connectivity index (χ3v) is 3.71. The molecule has 1 aliphatic carbocycles. The van der Waals surface area contributed by atoms with Crippen LogP contribution in [0.3, 0.4) is 0 Å². The second-order valence-corrected chi connectivity index (χ2v) is 5.81. The van der Waals surface area contributed by atoms with Crippen molar-refractivity contribution in [3.8, 4) is 6.07 Å². The summed E-state index contributed by atoms with van der Waals surface area (Å²) in [4.78, 5) is 0. The highest BCUT2D eigenvalue weighted by Gasteiger charge is 2.24. The molecule has 1 fully saturated rings. The lowest BCUT2D eigenvalue weighted by atomic mass is 9.82. The van der Waals surface area contributed by atoms with Crippen molar-refractivity contribution < 1.29 is 9.13 Å². The molecule has 0 amide bonds. The van der Waals surface area contributed by atoms with Gasteiger partial charge in [0.15, 0.2) is 0 Å². The molecule has 2 atom stereocenters. The average Bonchev–Trinajstić information content (AvgIpc) is 2.34. The van der Waals surface area contributed by atoms with E-state index in [1.807, 2.05) is 6.07 Å². The van der Waals surface area contributed by atoms with Crippen LogP contribution in [0, 0.1) is 29.0 Å². The van der Waals surface area contributed by atoms with Crippen LogP contribution in [0.4, 0.5) is 4.39 Å². The second kappa shape index (κ2) is 6.16. The van der Waals surface area contributed by atoms with Gasteiger partial charge < -0.3 is 4.74 Å². The molecule has 0 aromatic heterocycles. The first-order valence-corrected chi connectivity index (χ1v) is 6.88. The molecule has 2 nitrogen and oxygen atoms in total. The van der Waals surface area contributed by atoms with Crippen molar-refractivity contribution in [3.63, 3.8) is 0 Å². The monoisotopic (exact) mass is 261 g/mol. The molecular formula is C16H20FNO. The van der Waals surface area contributed by atoms with E-state index in [9.17, 15) is 4.39 Å². The van der Waals surface area contributed by atoms with Crippen LogP contribution in [-0.4, -0.2) is 6.10 Å². The fourth-order valence-corrected chi connectivity index (χ4v) is 3.02. The number of hydrogen-bond donors (Lipinski definition) is 0. The summed E-state index contributed by atoms with van der Waals surface area (Å²) in [6, 6.07) is 6.34. The lowest BCUT2D eigenvalue weighted by Gasteiger charge is -2.31. The van der Waals surface area contributed by atoms with Crippen LogP contribution in [0.25, 0.3) is 0 Å². The standard InChI is InChI=1S/C16H20FNO/c1-11-3-12(2)5-16(4-11)19-10-14-6-13(9-18)7-15(17)8-14/h6-8,11-12,16H,3-5,10H2,1-2H3. The SMILES string of the molecule is CC1CC(C)CC(OCc2cc(F)cc(C#N)c2)C1. The van der Waals surface area contributed by atoms with Crippen molar-refractivity contribution in [1.82, 2.24) is 0 Å². The zero-order valence-electron chi connectivity index (χ0n) is 11.5. The normalized spacial score (nSPS) is 26.9. The van der Waals surface area contributed by atoms with E-state index in [1.165, 1.54) is 18.6 Å². The predicted octanol–water partition coefficient (Wildman–Crippen LogP) is 4.04. The van der Waals surface area contributed by atoms with E-state index >= 15 is 0 Å². The Morgan fingerprint density at radius 3 is 2.53 bits per heavy atom. The molecule has 2 unspecified atom stereocenters. The van der Waals surface area contributed by atoms with Gasteiger partial charge in [-0.1, -0.05) is 13.8 Å². The Balaban J connectivity index is 1.95. The summed E-state index contributed by atoms with van der Waals surface area (Å²) in [5.41, 5.74) is 1.09. The summed E-state index contributed by atoms with van der Waals surface area (Å²) in [5.74, 6) is 1.01. The third-order valence-electron chi connectivity index (χ3n) is 3.71. The molecule has 1 aliphatic rings. The molecule has 0 N–H and O–H groups in total. The number of halogens is 1. The third kappa shape index (κ3) is 4.04. The largest absolute Gasteiger partial charge is 0.374 e. The van der Waals surface area contributed by atoms with Gasteiger partial charge in [0.1, 0.15) is 5.82 Å². The number of benzene rings is 1. The summed E-state index contributed by atoms with van der Waals surface area (Å²) in [6.45, 7) is 4.89. The topological polar surface area (TPSA) is 33.0 Å². The molecule has 1 aromatic rings. The van der Waals surface area contributed by atoms with Gasteiger partial charge in [-0.05, 0) is 54.9 Å². The van der Waals surface area contributed by atoms with Gasteiger partial charge in [-0.3, -0.25) is 0 Å². The molecule has 3 heteroatoms. The van der Waals surface area contributed by atoms with Gasteiger partial charge in [-0.25, -0.2) is 4.39 Å². The van der Waals surface area contributed by atoms with Crippen molar-refractivity contribution in [2.75, 3.05) is 0 Å². The van der Waals surface area contributed by atoms with E-state index in [1.54, 1.807) is 6.07 Å². The molecule has 1 saturated carbocycles. The van der Waals surface area contributed by atoms with Gasteiger partial charge in [0, 0.05) is 0 Å². The van der Waals surface area contributed by atoms with E-state index in [0.717, 1.165) is 18.4 Å². The highest BCUT2D eigenvalue weighted by atomic mass is 19.1. The molecular weight excluding hydrogens is 241 g/mol.